The van der Waals surface area contributed by atoms with Gasteiger partial charge in [-0.15, -0.1) is 11.3 Å². The van der Waals surface area contributed by atoms with Crippen molar-refractivity contribution >= 4 is 27.3 Å². The van der Waals surface area contributed by atoms with Crippen molar-refractivity contribution in [3.8, 4) is 0 Å². The maximum absolute atomic E-state index is 11.7. The first-order chi connectivity index (χ1) is 7.34. The molecule has 0 saturated carbocycles. The normalized spacial score (nSPS) is 13.9. The van der Waals surface area contributed by atoms with Crippen LogP contribution >= 0.6 is 11.3 Å². The minimum Gasteiger partial charge on any atom is -0.480 e. The topological polar surface area (TPSA) is 83.5 Å². The van der Waals surface area contributed by atoms with E-state index in [2.05, 4.69) is 4.72 Å². The van der Waals surface area contributed by atoms with E-state index in [1.807, 2.05) is 0 Å². The van der Waals surface area contributed by atoms with Gasteiger partial charge in [-0.05, 0) is 17.4 Å². The van der Waals surface area contributed by atoms with Gasteiger partial charge >= 0.3 is 5.97 Å². The Bertz CT molecular complexity index is 450. The van der Waals surface area contributed by atoms with E-state index in [4.69, 9.17) is 5.11 Å². The number of hydrogen-bond donors (Lipinski definition) is 2. The van der Waals surface area contributed by atoms with Crippen molar-refractivity contribution in [2.45, 2.75) is 24.1 Å². The van der Waals surface area contributed by atoms with Gasteiger partial charge in [0.15, 0.2) is 0 Å². The summed E-state index contributed by atoms with van der Waals surface area (Å²) in [5, 5.41) is 10.5. The molecule has 0 aliphatic rings. The number of rotatable bonds is 5. The average Bonchev–Trinajstić information content (AvgIpc) is 2.66. The lowest BCUT2D eigenvalue weighted by molar-refractivity contribution is -0.140. The van der Waals surface area contributed by atoms with Crippen LogP contribution in [0.4, 0.5) is 0 Å². The maximum Gasteiger partial charge on any atom is 0.322 e. The van der Waals surface area contributed by atoms with E-state index in [9.17, 15) is 13.2 Å². The van der Waals surface area contributed by atoms with Crippen LogP contribution in [0.5, 0.6) is 0 Å². The van der Waals surface area contributed by atoms with Crippen LogP contribution in [0, 0.1) is 5.92 Å². The van der Waals surface area contributed by atoms with Crippen LogP contribution in [-0.4, -0.2) is 25.5 Å². The van der Waals surface area contributed by atoms with Gasteiger partial charge in [0, 0.05) is 0 Å². The molecule has 0 bridgehead atoms. The van der Waals surface area contributed by atoms with E-state index in [0.29, 0.717) is 0 Å². The molecule has 0 saturated heterocycles. The van der Waals surface area contributed by atoms with Gasteiger partial charge in [-0.25, -0.2) is 8.42 Å². The fourth-order valence-corrected chi connectivity index (χ4v) is 3.46. The number of hydrogen-bond acceptors (Lipinski definition) is 4. The number of sulfonamides is 1. The van der Waals surface area contributed by atoms with Crippen LogP contribution in [0.15, 0.2) is 21.7 Å². The van der Waals surface area contributed by atoms with Crippen LogP contribution in [0.25, 0.3) is 0 Å². The highest BCUT2D eigenvalue weighted by molar-refractivity contribution is 7.91. The SMILES string of the molecule is CC(C)C(NS(=O)(=O)c1cccs1)C(=O)O. The Balaban J connectivity index is 2.92. The zero-order valence-corrected chi connectivity index (χ0v) is 10.5. The van der Waals surface area contributed by atoms with Crippen molar-refractivity contribution < 1.29 is 18.3 Å². The molecule has 0 aromatic carbocycles. The molecule has 0 aliphatic heterocycles. The average molecular weight is 263 g/mol. The number of carbonyl (C=O) groups is 1. The Morgan fingerprint density at radius 3 is 2.50 bits per heavy atom. The summed E-state index contributed by atoms with van der Waals surface area (Å²) >= 11 is 1.05. The third-order valence-electron chi connectivity index (χ3n) is 1.97. The van der Waals surface area contributed by atoms with E-state index < -0.39 is 22.0 Å². The lowest BCUT2D eigenvalue weighted by Gasteiger charge is -2.17. The van der Waals surface area contributed by atoms with Crippen LogP contribution in [0.2, 0.25) is 0 Å². The van der Waals surface area contributed by atoms with Crippen LogP contribution < -0.4 is 4.72 Å². The van der Waals surface area contributed by atoms with Gasteiger partial charge in [0.1, 0.15) is 10.3 Å². The summed E-state index contributed by atoms with van der Waals surface area (Å²) in [6.07, 6.45) is 0. The summed E-state index contributed by atoms with van der Waals surface area (Å²) in [6.45, 7) is 3.30. The molecule has 1 unspecified atom stereocenters. The number of nitrogens with one attached hydrogen (secondary N) is 1. The summed E-state index contributed by atoms with van der Waals surface area (Å²) in [7, 11) is -3.72. The van der Waals surface area contributed by atoms with Crippen molar-refractivity contribution in [3.63, 3.8) is 0 Å². The quantitative estimate of drug-likeness (QED) is 0.834. The number of carboxylic acid groups (broad SMARTS) is 1. The van der Waals surface area contributed by atoms with Crippen LogP contribution in [-0.2, 0) is 14.8 Å². The third-order valence-corrected chi connectivity index (χ3v) is 4.81. The molecule has 1 rings (SSSR count). The Morgan fingerprint density at radius 1 is 1.50 bits per heavy atom. The molecule has 7 heteroatoms. The first kappa shape index (κ1) is 13.1. The van der Waals surface area contributed by atoms with Gasteiger partial charge in [0.25, 0.3) is 10.0 Å². The molecule has 0 amide bonds. The van der Waals surface area contributed by atoms with Gasteiger partial charge in [-0.3, -0.25) is 4.79 Å². The molecular formula is C9H13NO4S2. The molecule has 5 nitrogen and oxygen atoms in total. The zero-order valence-electron chi connectivity index (χ0n) is 8.88. The van der Waals surface area contributed by atoms with Gasteiger partial charge in [-0.2, -0.15) is 4.72 Å². The maximum atomic E-state index is 11.7. The van der Waals surface area contributed by atoms with Gasteiger partial charge in [-0.1, -0.05) is 19.9 Å². The summed E-state index contributed by atoms with van der Waals surface area (Å²) in [5.74, 6) is -1.48. The molecule has 1 atom stereocenters. The zero-order chi connectivity index (χ0) is 12.3. The molecule has 0 radical (unpaired) electrons. The second-order valence-electron chi connectivity index (χ2n) is 3.61. The predicted octanol–water partition coefficient (Wildman–Crippen LogP) is 1.14. The van der Waals surface area contributed by atoms with Gasteiger partial charge < -0.3 is 5.11 Å². The van der Waals surface area contributed by atoms with Crippen molar-refractivity contribution in [3.05, 3.63) is 17.5 Å². The highest BCUT2D eigenvalue weighted by Crippen LogP contribution is 2.17. The summed E-state index contributed by atoms with van der Waals surface area (Å²) in [5.41, 5.74) is 0. The molecule has 2 N–H and O–H groups in total. The van der Waals surface area contributed by atoms with E-state index in [-0.39, 0.29) is 10.1 Å². The summed E-state index contributed by atoms with van der Waals surface area (Å²) in [6, 6.07) is 1.93. The molecule has 16 heavy (non-hydrogen) atoms. The predicted molar refractivity (Wildman–Crippen MR) is 60.9 cm³/mol. The number of carboxylic acids is 1. The molecule has 0 fully saturated rings. The van der Waals surface area contributed by atoms with E-state index in [1.165, 1.54) is 6.07 Å². The van der Waals surface area contributed by atoms with Crippen molar-refractivity contribution in [2.75, 3.05) is 0 Å². The van der Waals surface area contributed by atoms with Crippen molar-refractivity contribution in [1.29, 1.82) is 0 Å². The van der Waals surface area contributed by atoms with Crippen molar-refractivity contribution in [1.82, 2.24) is 4.72 Å². The molecule has 90 valence electrons. The lowest BCUT2D eigenvalue weighted by Crippen LogP contribution is -2.43. The molecule has 0 aliphatic carbocycles. The standard InChI is InChI=1S/C9H13NO4S2/c1-6(2)8(9(11)12)10-16(13,14)7-4-3-5-15-7/h3-6,8,10H,1-2H3,(H,11,12). The monoisotopic (exact) mass is 263 g/mol. The molecule has 0 spiro atoms. The largest absolute Gasteiger partial charge is 0.480 e. The smallest absolute Gasteiger partial charge is 0.322 e. The molecule has 1 heterocycles. The second kappa shape index (κ2) is 4.94. The first-order valence-corrected chi connectivity index (χ1v) is 6.99. The first-order valence-electron chi connectivity index (χ1n) is 4.63. The fraction of sp³-hybridized carbons (Fsp3) is 0.444. The minimum atomic E-state index is -3.72. The Hall–Kier alpha value is -0.920. The molecule has 1 aromatic rings. The van der Waals surface area contributed by atoms with Gasteiger partial charge in [0.05, 0.1) is 0 Å². The Labute approximate surface area is 98.2 Å². The number of aliphatic carboxylic acids is 1. The van der Waals surface area contributed by atoms with E-state index in [0.717, 1.165) is 11.3 Å². The fourth-order valence-electron chi connectivity index (χ4n) is 1.11. The Kier molecular flexibility index (Phi) is 4.06. The molecular weight excluding hydrogens is 250 g/mol. The summed E-state index contributed by atoms with van der Waals surface area (Å²) in [4.78, 5) is 10.9. The van der Waals surface area contributed by atoms with Crippen LogP contribution in [0.3, 0.4) is 0 Å². The lowest BCUT2D eigenvalue weighted by atomic mass is 10.1. The number of thiophene rings is 1. The summed E-state index contributed by atoms with van der Waals surface area (Å²) < 4.78 is 25.8. The minimum absolute atomic E-state index is 0.124. The van der Waals surface area contributed by atoms with Crippen molar-refractivity contribution in [2.24, 2.45) is 5.92 Å². The van der Waals surface area contributed by atoms with Crippen LogP contribution in [0.1, 0.15) is 13.8 Å². The third kappa shape index (κ3) is 3.03. The Morgan fingerprint density at radius 2 is 2.12 bits per heavy atom. The highest BCUT2D eigenvalue weighted by atomic mass is 32.2. The van der Waals surface area contributed by atoms with Gasteiger partial charge in [0.2, 0.25) is 0 Å². The van der Waals surface area contributed by atoms with E-state index in [1.54, 1.807) is 25.3 Å². The van der Waals surface area contributed by atoms with E-state index >= 15 is 0 Å². The highest BCUT2D eigenvalue weighted by Gasteiger charge is 2.28. The second-order valence-corrected chi connectivity index (χ2v) is 6.50. The molecule has 1 aromatic heterocycles.